The lowest BCUT2D eigenvalue weighted by molar-refractivity contribution is 0.0911. The number of hydrogen-bond acceptors (Lipinski definition) is 2. The molecule has 1 amide bonds. The maximum Gasteiger partial charge on any atom is 0.251 e. The quantitative estimate of drug-likeness (QED) is 0.823. The number of amides is 1. The third-order valence-electron chi connectivity index (χ3n) is 4.06. The van der Waals surface area contributed by atoms with Crippen molar-refractivity contribution in [2.45, 2.75) is 46.2 Å². The van der Waals surface area contributed by atoms with Crippen molar-refractivity contribution in [3.05, 3.63) is 65.2 Å². The average Bonchev–Trinajstić information content (AvgIpc) is 2.53. The molecule has 0 aliphatic carbocycles. The Kier molecular flexibility index (Phi) is 5.43. The molecule has 0 aliphatic heterocycles. The van der Waals surface area contributed by atoms with Crippen LogP contribution in [0.3, 0.4) is 0 Å². The molecule has 2 aromatic rings. The Morgan fingerprint density at radius 1 is 1.09 bits per heavy atom. The second-order valence-corrected chi connectivity index (χ2v) is 6.61. The van der Waals surface area contributed by atoms with Crippen molar-refractivity contribution >= 4 is 11.6 Å². The van der Waals surface area contributed by atoms with Crippen molar-refractivity contribution in [1.82, 2.24) is 5.32 Å². The molecule has 0 unspecified atom stereocenters. The Hall–Kier alpha value is -2.29. The molecule has 2 N–H and O–H groups in total. The van der Waals surface area contributed by atoms with Gasteiger partial charge in [0.25, 0.3) is 5.91 Å². The van der Waals surface area contributed by atoms with Gasteiger partial charge in [0.15, 0.2) is 0 Å². The van der Waals surface area contributed by atoms with Crippen molar-refractivity contribution in [2.75, 3.05) is 5.32 Å². The zero-order valence-corrected chi connectivity index (χ0v) is 14.4. The Balaban J connectivity index is 1.95. The minimum Gasteiger partial charge on any atom is -0.381 e. The van der Waals surface area contributed by atoms with Gasteiger partial charge in [0, 0.05) is 23.3 Å². The van der Waals surface area contributed by atoms with Crippen molar-refractivity contribution in [3.63, 3.8) is 0 Å². The highest BCUT2D eigenvalue weighted by molar-refractivity contribution is 5.95. The topological polar surface area (TPSA) is 41.1 Å². The maximum absolute atomic E-state index is 12.2. The molecule has 0 aromatic heterocycles. The summed E-state index contributed by atoms with van der Waals surface area (Å²) in [4.78, 5) is 12.2. The van der Waals surface area contributed by atoms with E-state index in [9.17, 15) is 4.79 Å². The molecule has 0 saturated carbocycles. The monoisotopic (exact) mass is 310 g/mol. The van der Waals surface area contributed by atoms with Crippen molar-refractivity contribution in [1.29, 1.82) is 0 Å². The van der Waals surface area contributed by atoms with Gasteiger partial charge in [-0.05, 0) is 57.0 Å². The fourth-order valence-corrected chi connectivity index (χ4v) is 2.23. The zero-order valence-electron chi connectivity index (χ0n) is 14.4. The highest BCUT2D eigenvalue weighted by Crippen LogP contribution is 2.14. The second-order valence-electron chi connectivity index (χ2n) is 6.61. The molecule has 3 nitrogen and oxygen atoms in total. The third-order valence-corrected chi connectivity index (χ3v) is 4.06. The molecule has 0 bridgehead atoms. The maximum atomic E-state index is 12.2. The van der Waals surface area contributed by atoms with Crippen LogP contribution in [0, 0.1) is 6.92 Å². The lowest BCUT2D eigenvalue weighted by atomic mass is 10.0. The van der Waals surface area contributed by atoms with E-state index in [0.717, 1.165) is 18.7 Å². The van der Waals surface area contributed by atoms with Gasteiger partial charge in [0.2, 0.25) is 0 Å². The number of anilines is 1. The van der Waals surface area contributed by atoms with E-state index in [1.54, 1.807) is 0 Å². The minimum absolute atomic E-state index is 0.0258. The molecule has 0 saturated heterocycles. The molecular formula is C20H26N2O. The van der Waals surface area contributed by atoms with Gasteiger partial charge in [-0.25, -0.2) is 0 Å². The van der Waals surface area contributed by atoms with E-state index < -0.39 is 0 Å². The Labute approximate surface area is 139 Å². The van der Waals surface area contributed by atoms with Crippen LogP contribution in [0.5, 0.6) is 0 Å². The first-order valence-electron chi connectivity index (χ1n) is 8.11. The van der Waals surface area contributed by atoms with Crippen LogP contribution in [0.2, 0.25) is 0 Å². The molecule has 122 valence electrons. The number of carbonyl (C=O) groups is 1. The van der Waals surface area contributed by atoms with Crippen LogP contribution in [0.15, 0.2) is 48.5 Å². The first kappa shape index (κ1) is 17.1. The predicted molar refractivity (Wildman–Crippen MR) is 96.8 cm³/mol. The van der Waals surface area contributed by atoms with Gasteiger partial charge in [-0.1, -0.05) is 36.8 Å². The Morgan fingerprint density at radius 2 is 1.78 bits per heavy atom. The summed E-state index contributed by atoms with van der Waals surface area (Å²) in [7, 11) is 0. The number of benzene rings is 2. The van der Waals surface area contributed by atoms with Crippen LogP contribution in [0.25, 0.3) is 0 Å². The van der Waals surface area contributed by atoms with Gasteiger partial charge in [0.1, 0.15) is 0 Å². The number of aryl methyl sites for hydroxylation is 1. The van der Waals surface area contributed by atoms with E-state index >= 15 is 0 Å². The van der Waals surface area contributed by atoms with Crippen LogP contribution < -0.4 is 10.6 Å². The molecule has 0 spiro atoms. The normalized spacial score (nSPS) is 11.1. The van der Waals surface area contributed by atoms with Crippen LogP contribution in [0.1, 0.15) is 48.7 Å². The first-order chi connectivity index (χ1) is 10.9. The summed E-state index contributed by atoms with van der Waals surface area (Å²) in [5.74, 6) is -0.0258. The van der Waals surface area contributed by atoms with E-state index in [2.05, 4.69) is 48.7 Å². The van der Waals surface area contributed by atoms with E-state index in [4.69, 9.17) is 0 Å². The Morgan fingerprint density at radius 3 is 2.39 bits per heavy atom. The molecule has 23 heavy (non-hydrogen) atoms. The van der Waals surface area contributed by atoms with Crippen LogP contribution >= 0.6 is 0 Å². The Bertz CT molecular complexity index is 660. The number of rotatable bonds is 6. The summed E-state index contributed by atoms with van der Waals surface area (Å²) in [5.41, 5.74) is 4.02. The highest BCUT2D eigenvalue weighted by atomic mass is 16.1. The van der Waals surface area contributed by atoms with E-state index in [0.29, 0.717) is 5.56 Å². The molecule has 0 fully saturated rings. The summed E-state index contributed by atoms with van der Waals surface area (Å²) in [6.45, 7) is 8.99. The molecule has 2 rings (SSSR count). The van der Waals surface area contributed by atoms with E-state index in [1.165, 1.54) is 11.1 Å². The fraction of sp³-hybridized carbons (Fsp3) is 0.350. The van der Waals surface area contributed by atoms with Crippen molar-refractivity contribution in [2.24, 2.45) is 0 Å². The molecule has 0 heterocycles. The fourth-order valence-electron chi connectivity index (χ4n) is 2.23. The first-order valence-corrected chi connectivity index (χ1v) is 8.11. The lowest BCUT2D eigenvalue weighted by Crippen LogP contribution is -2.42. The van der Waals surface area contributed by atoms with Crippen molar-refractivity contribution < 1.29 is 4.79 Å². The minimum atomic E-state index is -0.181. The highest BCUT2D eigenvalue weighted by Gasteiger charge is 2.18. The van der Waals surface area contributed by atoms with E-state index in [-0.39, 0.29) is 11.4 Å². The number of hydrogen-bond donors (Lipinski definition) is 2. The van der Waals surface area contributed by atoms with Crippen LogP contribution in [-0.4, -0.2) is 11.4 Å². The van der Waals surface area contributed by atoms with Crippen molar-refractivity contribution in [3.8, 4) is 0 Å². The molecule has 0 aliphatic rings. The lowest BCUT2D eigenvalue weighted by Gasteiger charge is -2.24. The third kappa shape index (κ3) is 5.13. The predicted octanol–water partition coefficient (Wildman–Crippen LogP) is 4.53. The summed E-state index contributed by atoms with van der Waals surface area (Å²) in [6, 6.07) is 16.0. The summed E-state index contributed by atoms with van der Waals surface area (Å²) in [6.07, 6.45) is 0.898. The number of carbonyl (C=O) groups excluding carboxylic acids is 1. The molecule has 0 radical (unpaired) electrons. The van der Waals surface area contributed by atoms with Gasteiger partial charge >= 0.3 is 0 Å². The van der Waals surface area contributed by atoms with E-state index in [1.807, 2.05) is 38.1 Å². The zero-order chi connectivity index (χ0) is 16.9. The summed E-state index contributed by atoms with van der Waals surface area (Å²) in [5, 5.41) is 6.43. The second kappa shape index (κ2) is 7.32. The standard InChI is InChI=1S/C20H26N2O/c1-5-20(3,4)22-19(23)17-9-11-18(12-10-17)21-14-16-8-6-7-15(2)13-16/h6-13,21H,5,14H2,1-4H3,(H,22,23). The van der Waals surface area contributed by atoms with Gasteiger partial charge in [-0.2, -0.15) is 0 Å². The summed E-state index contributed by atoms with van der Waals surface area (Å²) >= 11 is 0. The van der Waals surface area contributed by atoms with Gasteiger partial charge in [0.05, 0.1) is 0 Å². The summed E-state index contributed by atoms with van der Waals surface area (Å²) < 4.78 is 0. The molecule has 2 aromatic carbocycles. The average molecular weight is 310 g/mol. The molecule has 3 heteroatoms. The van der Waals surface area contributed by atoms with Crippen LogP contribution in [-0.2, 0) is 6.54 Å². The smallest absolute Gasteiger partial charge is 0.251 e. The molecule has 0 atom stereocenters. The SMILES string of the molecule is CCC(C)(C)NC(=O)c1ccc(NCc2cccc(C)c2)cc1. The van der Waals surface area contributed by atoms with Crippen LogP contribution in [0.4, 0.5) is 5.69 Å². The molecular weight excluding hydrogens is 284 g/mol. The largest absolute Gasteiger partial charge is 0.381 e. The van der Waals surface area contributed by atoms with Gasteiger partial charge in [-0.3, -0.25) is 4.79 Å². The van der Waals surface area contributed by atoms with Gasteiger partial charge in [-0.15, -0.1) is 0 Å². The number of nitrogens with one attached hydrogen (secondary N) is 2. The van der Waals surface area contributed by atoms with Gasteiger partial charge < -0.3 is 10.6 Å².